The summed E-state index contributed by atoms with van der Waals surface area (Å²) in [4.78, 5) is 4.25. The van der Waals surface area contributed by atoms with Crippen LogP contribution in [-0.2, 0) is 4.74 Å². The monoisotopic (exact) mass is 222 g/mol. The highest BCUT2D eigenvalue weighted by atomic mass is 16.5. The average molecular weight is 222 g/mol. The van der Waals surface area contributed by atoms with Crippen molar-refractivity contribution >= 4 is 17.1 Å². The van der Waals surface area contributed by atoms with Gasteiger partial charge in [0.05, 0.1) is 19.8 Å². The van der Waals surface area contributed by atoms with Crippen LogP contribution in [0.15, 0.2) is 28.7 Å². The number of aliphatic hydroxyl groups is 1. The zero-order valence-electron chi connectivity index (χ0n) is 8.85. The topological polar surface area (TPSA) is 67.5 Å². The number of benzene rings is 1. The number of fused-ring (bicyclic) bond motifs is 1. The Hall–Kier alpha value is -1.59. The quantitative estimate of drug-likeness (QED) is 0.720. The maximum atomic E-state index is 8.50. The molecule has 0 saturated heterocycles. The second kappa shape index (κ2) is 5.48. The summed E-state index contributed by atoms with van der Waals surface area (Å²) in [6, 6.07) is 8.08. The molecule has 1 aromatic carbocycles. The molecule has 2 rings (SSSR count). The van der Waals surface area contributed by atoms with E-state index in [0.29, 0.717) is 25.8 Å². The third-order valence-electron chi connectivity index (χ3n) is 2.05. The van der Waals surface area contributed by atoms with E-state index in [1.807, 2.05) is 24.3 Å². The predicted molar refractivity (Wildman–Crippen MR) is 60.4 cm³/mol. The van der Waals surface area contributed by atoms with Gasteiger partial charge in [0.25, 0.3) is 6.01 Å². The lowest BCUT2D eigenvalue weighted by Crippen LogP contribution is -2.11. The molecule has 1 aromatic heterocycles. The summed E-state index contributed by atoms with van der Waals surface area (Å²) >= 11 is 0. The summed E-state index contributed by atoms with van der Waals surface area (Å²) in [5, 5.41) is 11.5. The summed E-state index contributed by atoms with van der Waals surface area (Å²) in [6.07, 6.45) is 0. The molecule has 0 fully saturated rings. The van der Waals surface area contributed by atoms with Crippen LogP contribution in [0, 0.1) is 0 Å². The van der Waals surface area contributed by atoms with Crippen LogP contribution in [0.4, 0.5) is 6.01 Å². The lowest BCUT2D eigenvalue weighted by Gasteiger charge is -2.01. The van der Waals surface area contributed by atoms with Crippen LogP contribution in [0.1, 0.15) is 0 Å². The number of ether oxygens (including phenoxy) is 1. The second-order valence-electron chi connectivity index (χ2n) is 3.25. The molecule has 0 atom stereocenters. The van der Waals surface area contributed by atoms with Gasteiger partial charge in [0.2, 0.25) is 0 Å². The SMILES string of the molecule is OCCOCCNc1nc2ccccc2o1. The molecule has 16 heavy (non-hydrogen) atoms. The molecule has 86 valence electrons. The number of hydrogen-bond donors (Lipinski definition) is 2. The minimum Gasteiger partial charge on any atom is -0.424 e. The smallest absolute Gasteiger partial charge is 0.295 e. The number of rotatable bonds is 6. The minimum atomic E-state index is 0.0445. The van der Waals surface area contributed by atoms with Crippen LogP contribution in [0.5, 0.6) is 0 Å². The predicted octanol–water partition coefficient (Wildman–Crippen LogP) is 1.25. The molecule has 2 N–H and O–H groups in total. The van der Waals surface area contributed by atoms with Crippen LogP contribution < -0.4 is 5.32 Å². The molecular formula is C11H14N2O3. The minimum absolute atomic E-state index is 0.0445. The van der Waals surface area contributed by atoms with Crippen LogP contribution in [0.25, 0.3) is 11.1 Å². The summed E-state index contributed by atoms with van der Waals surface area (Å²) in [5.74, 6) is 0. The van der Waals surface area contributed by atoms with E-state index < -0.39 is 0 Å². The third kappa shape index (κ3) is 2.71. The molecule has 5 nitrogen and oxygen atoms in total. The lowest BCUT2D eigenvalue weighted by molar-refractivity contribution is 0.0990. The van der Waals surface area contributed by atoms with Crippen molar-refractivity contribution in [1.29, 1.82) is 0 Å². The van der Waals surface area contributed by atoms with Crippen molar-refractivity contribution in [2.75, 3.05) is 31.7 Å². The molecular weight excluding hydrogens is 208 g/mol. The van der Waals surface area contributed by atoms with Crippen molar-refractivity contribution in [2.45, 2.75) is 0 Å². The number of aromatic nitrogens is 1. The second-order valence-corrected chi connectivity index (χ2v) is 3.25. The maximum absolute atomic E-state index is 8.50. The van der Waals surface area contributed by atoms with Crippen molar-refractivity contribution in [2.24, 2.45) is 0 Å². The Morgan fingerprint density at radius 2 is 2.19 bits per heavy atom. The Kier molecular flexibility index (Phi) is 3.74. The molecule has 0 bridgehead atoms. The number of anilines is 1. The number of nitrogens with one attached hydrogen (secondary N) is 1. The summed E-state index contributed by atoms with van der Waals surface area (Å²) in [6.45, 7) is 1.52. The molecule has 0 spiro atoms. The molecule has 1 heterocycles. The Morgan fingerprint density at radius 3 is 3.00 bits per heavy atom. The molecule has 5 heteroatoms. The van der Waals surface area contributed by atoms with Crippen LogP contribution in [0.2, 0.25) is 0 Å². The van der Waals surface area contributed by atoms with E-state index in [2.05, 4.69) is 10.3 Å². The highest BCUT2D eigenvalue weighted by Gasteiger charge is 2.02. The zero-order valence-corrected chi connectivity index (χ0v) is 8.85. The zero-order chi connectivity index (χ0) is 11.2. The van der Waals surface area contributed by atoms with Gasteiger partial charge in [0, 0.05) is 6.54 Å². The van der Waals surface area contributed by atoms with Gasteiger partial charge in [-0.05, 0) is 12.1 Å². The number of para-hydroxylation sites is 2. The molecule has 0 aliphatic rings. The lowest BCUT2D eigenvalue weighted by atomic mass is 10.3. The number of nitrogens with zero attached hydrogens (tertiary/aromatic N) is 1. The fourth-order valence-corrected chi connectivity index (χ4v) is 1.34. The molecule has 2 aromatic rings. The summed E-state index contributed by atoms with van der Waals surface area (Å²) in [5.41, 5.74) is 1.60. The van der Waals surface area contributed by atoms with Gasteiger partial charge in [0.15, 0.2) is 5.58 Å². The van der Waals surface area contributed by atoms with Crippen molar-refractivity contribution in [3.8, 4) is 0 Å². The van der Waals surface area contributed by atoms with Crippen LogP contribution in [0.3, 0.4) is 0 Å². The fraction of sp³-hybridized carbons (Fsp3) is 0.364. The maximum Gasteiger partial charge on any atom is 0.295 e. The van der Waals surface area contributed by atoms with Gasteiger partial charge in [-0.1, -0.05) is 12.1 Å². The molecule has 0 radical (unpaired) electrons. The largest absolute Gasteiger partial charge is 0.424 e. The van der Waals surface area contributed by atoms with E-state index in [9.17, 15) is 0 Å². The average Bonchev–Trinajstić information content (AvgIpc) is 2.71. The Morgan fingerprint density at radius 1 is 1.31 bits per heavy atom. The molecule has 0 amide bonds. The van der Waals surface area contributed by atoms with E-state index in [0.717, 1.165) is 11.1 Å². The highest BCUT2D eigenvalue weighted by Crippen LogP contribution is 2.17. The van der Waals surface area contributed by atoms with E-state index in [1.165, 1.54) is 0 Å². The van der Waals surface area contributed by atoms with Gasteiger partial charge in [-0.15, -0.1) is 0 Å². The summed E-state index contributed by atoms with van der Waals surface area (Å²) < 4.78 is 10.5. The van der Waals surface area contributed by atoms with Gasteiger partial charge in [0.1, 0.15) is 5.52 Å². The van der Waals surface area contributed by atoms with E-state index in [-0.39, 0.29) is 6.61 Å². The van der Waals surface area contributed by atoms with Crippen molar-refractivity contribution < 1.29 is 14.3 Å². The van der Waals surface area contributed by atoms with Gasteiger partial charge in [-0.3, -0.25) is 0 Å². The highest BCUT2D eigenvalue weighted by molar-refractivity contribution is 5.74. The molecule has 0 saturated carbocycles. The first-order valence-corrected chi connectivity index (χ1v) is 5.18. The van der Waals surface area contributed by atoms with E-state index >= 15 is 0 Å². The van der Waals surface area contributed by atoms with Crippen LogP contribution in [-0.4, -0.2) is 36.5 Å². The van der Waals surface area contributed by atoms with Crippen molar-refractivity contribution in [3.63, 3.8) is 0 Å². The first-order valence-electron chi connectivity index (χ1n) is 5.18. The van der Waals surface area contributed by atoms with E-state index in [4.69, 9.17) is 14.3 Å². The molecule has 0 aliphatic heterocycles. The first-order chi connectivity index (χ1) is 7.90. The van der Waals surface area contributed by atoms with Gasteiger partial charge in [-0.2, -0.15) is 4.98 Å². The molecule has 0 aliphatic carbocycles. The Balaban J connectivity index is 1.85. The standard InChI is InChI=1S/C11H14N2O3/c14-6-8-15-7-5-12-11-13-9-3-1-2-4-10(9)16-11/h1-4,14H,5-8H2,(H,12,13). The van der Waals surface area contributed by atoms with Gasteiger partial charge < -0.3 is 19.6 Å². The first kappa shape index (κ1) is 10.9. The van der Waals surface area contributed by atoms with Gasteiger partial charge in [-0.25, -0.2) is 0 Å². The Labute approximate surface area is 93.0 Å². The number of oxazole rings is 1. The normalized spacial score (nSPS) is 10.8. The van der Waals surface area contributed by atoms with Gasteiger partial charge >= 0.3 is 0 Å². The Bertz CT molecular complexity index is 408. The molecule has 0 unspecified atom stereocenters. The fourth-order valence-electron chi connectivity index (χ4n) is 1.34. The van der Waals surface area contributed by atoms with E-state index in [1.54, 1.807) is 0 Å². The third-order valence-corrected chi connectivity index (χ3v) is 2.05. The van der Waals surface area contributed by atoms with Crippen LogP contribution >= 0.6 is 0 Å². The van der Waals surface area contributed by atoms with Crippen molar-refractivity contribution in [3.05, 3.63) is 24.3 Å². The number of hydrogen-bond acceptors (Lipinski definition) is 5. The van der Waals surface area contributed by atoms with Crippen molar-refractivity contribution in [1.82, 2.24) is 4.98 Å². The summed E-state index contributed by atoms with van der Waals surface area (Å²) in [7, 11) is 0. The number of aliphatic hydroxyl groups excluding tert-OH is 1.